The summed E-state index contributed by atoms with van der Waals surface area (Å²) in [6.45, 7) is 2.30. The highest BCUT2D eigenvalue weighted by Gasteiger charge is 2.44. The number of hydrogen-bond donors (Lipinski definition) is 1. The average Bonchev–Trinajstić information content (AvgIpc) is 3.41. The van der Waals surface area contributed by atoms with Gasteiger partial charge in [-0.3, -0.25) is 0 Å². The molecule has 2 aliphatic rings. The number of likely N-dealkylation sites (tertiary alicyclic amines) is 1. The van der Waals surface area contributed by atoms with Crippen LogP contribution in [0.2, 0.25) is 0 Å². The van der Waals surface area contributed by atoms with Gasteiger partial charge in [0.2, 0.25) is 0 Å². The number of rotatable bonds is 7. The fraction of sp³-hybridized carbons (Fsp3) is 0.571. The van der Waals surface area contributed by atoms with Crippen molar-refractivity contribution in [3.8, 4) is 0 Å². The quantitative estimate of drug-likeness (QED) is 0.792. The van der Waals surface area contributed by atoms with E-state index in [2.05, 4.69) is 15.5 Å². The van der Waals surface area contributed by atoms with Crippen LogP contribution >= 0.6 is 0 Å². The van der Waals surface area contributed by atoms with Gasteiger partial charge in [0.25, 0.3) is 5.89 Å². The van der Waals surface area contributed by atoms with E-state index in [1.165, 1.54) is 12.8 Å². The van der Waals surface area contributed by atoms with Crippen LogP contribution in [0.1, 0.15) is 49.4 Å². The fourth-order valence-corrected chi connectivity index (χ4v) is 4.07. The van der Waals surface area contributed by atoms with Crippen LogP contribution in [0.3, 0.4) is 0 Å². The summed E-state index contributed by atoms with van der Waals surface area (Å²) in [6, 6.07) is 9.98. The number of benzene rings is 1. The van der Waals surface area contributed by atoms with Crippen LogP contribution in [0, 0.1) is 5.92 Å². The Kier molecular flexibility index (Phi) is 5.62. The summed E-state index contributed by atoms with van der Waals surface area (Å²) in [6.07, 6.45) is 5.39. The van der Waals surface area contributed by atoms with Gasteiger partial charge in [0.1, 0.15) is 6.61 Å². The van der Waals surface area contributed by atoms with Gasteiger partial charge in [0.15, 0.2) is 5.82 Å². The Morgan fingerprint density at radius 2 is 2.04 bits per heavy atom. The molecule has 0 spiro atoms. The third-order valence-corrected chi connectivity index (χ3v) is 5.88. The van der Waals surface area contributed by atoms with Gasteiger partial charge in [-0.25, -0.2) is 4.79 Å². The highest BCUT2D eigenvalue weighted by Crippen LogP contribution is 2.46. The molecule has 0 unspecified atom stereocenters. The van der Waals surface area contributed by atoms with Gasteiger partial charge < -0.3 is 19.5 Å². The molecule has 1 N–H and O–H groups in total. The van der Waals surface area contributed by atoms with Crippen LogP contribution in [0.15, 0.2) is 34.9 Å². The molecule has 0 bridgehead atoms. The van der Waals surface area contributed by atoms with Crippen molar-refractivity contribution in [1.29, 1.82) is 0 Å². The normalized spacial score (nSPS) is 18.8. The molecule has 1 saturated carbocycles. The number of ether oxygens (including phenoxy) is 1. The Morgan fingerprint density at radius 3 is 2.71 bits per heavy atom. The lowest BCUT2D eigenvalue weighted by molar-refractivity contribution is 0.143. The molecule has 7 heteroatoms. The number of urea groups is 1. The molecular weight excluding hydrogens is 356 g/mol. The van der Waals surface area contributed by atoms with Crippen molar-refractivity contribution in [3.63, 3.8) is 0 Å². The summed E-state index contributed by atoms with van der Waals surface area (Å²) < 4.78 is 10.5. The summed E-state index contributed by atoms with van der Waals surface area (Å²) in [7, 11) is 1.62. The number of carbonyl (C=O) groups is 1. The first kappa shape index (κ1) is 18.9. The number of nitrogens with one attached hydrogen (secondary N) is 1. The van der Waals surface area contributed by atoms with Crippen LogP contribution in [0.4, 0.5) is 4.79 Å². The van der Waals surface area contributed by atoms with Gasteiger partial charge in [-0.05, 0) is 30.7 Å². The van der Waals surface area contributed by atoms with Crippen LogP contribution in [0.25, 0.3) is 0 Å². The van der Waals surface area contributed by atoms with Gasteiger partial charge in [0.05, 0.1) is 0 Å². The van der Waals surface area contributed by atoms with E-state index in [9.17, 15) is 4.79 Å². The van der Waals surface area contributed by atoms with E-state index in [0.29, 0.717) is 32.1 Å². The van der Waals surface area contributed by atoms with Crippen LogP contribution in [-0.4, -0.2) is 41.3 Å². The molecule has 1 saturated heterocycles. The Labute approximate surface area is 165 Å². The minimum Gasteiger partial charge on any atom is -0.375 e. The van der Waals surface area contributed by atoms with Crippen molar-refractivity contribution in [3.05, 3.63) is 47.6 Å². The second kappa shape index (κ2) is 8.31. The summed E-state index contributed by atoms with van der Waals surface area (Å²) >= 11 is 0. The molecule has 2 heterocycles. The van der Waals surface area contributed by atoms with E-state index < -0.39 is 0 Å². The molecule has 2 amide bonds. The molecular formula is C21H28N4O3. The second-order valence-electron chi connectivity index (χ2n) is 8.00. The number of methoxy groups -OCH3 is 1. The van der Waals surface area contributed by atoms with E-state index in [4.69, 9.17) is 9.26 Å². The lowest BCUT2D eigenvalue weighted by Gasteiger charge is -2.40. The van der Waals surface area contributed by atoms with Crippen molar-refractivity contribution in [2.75, 3.05) is 20.2 Å². The molecule has 1 aromatic carbocycles. The van der Waals surface area contributed by atoms with E-state index >= 15 is 0 Å². The number of nitrogens with zero attached hydrogens (tertiary/aromatic N) is 3. The molecule has 1 aromatic heterocycles. The first-order valence-electron chi connectivity index (χ1n) is 10.1. The van der Waals surface area contributed by atoms with Gasteiger partial charge in [0, 0.05) is 32.2 Å². The standard InChI is InChI=1S/C21H28N4O3/c1-27-15-18-23-19(24-28-18)21(13-16-7-8-16)9-11-25(12-10-21)20(26)22-14-17-5-3-2-4-6-17/h2-6,16H,7-15H2,1H3,(H,22,26). The van der Waals surface area contributed by atoms with Gasteiger partial charge in [-0.1, -0.05) is 48.3 Å². The van der Waals surface area contributed by atoms with Gasteiger partial charge in [-0.15, -0.1) is 0 Å². The SMILES string of the molecule is COCc1nc(C2(CC3CC3)CCN(C(=O)NCc3ccccc3)CC2)no1. The Bertz CT molecular complexity index is 780. The van der Waals surface area contributed by atoms with Crippen molar-refractivity contribution in [2.24, 2.45) is 5.92 Å². The van der Waals surface area contributed by atoms with Crippen LogP contribution < -0.4 is 5.32 Å². The lowest BCUT2D eigenvalue weighted by atomic mass is 9.73. The van der Waals surface area contributed by atoms with Crippen LogP contribution in [-0.2, 0) is 23.3 Å². The minimum absolute atomic E-state index is 0.00272. The van der Waals surface area contributed by atoms with Gasteiger partial charge in [-0.2, -0.15) is 4.98 Å². The highest BCUT2D eigenvalue weighted by molar-refractivity contribution is 5.74. The average molecular weight is 384 g/mol. The first-order chi connectivity index (χ1) is 13.7. The zero-order valence-corrected chi connectivity index (χ0v) is 16.4. The molecule has 7 nitrogen and oxygen atoms in total. The molecule has 150 valence electrons. The Balaban J connectivity index is 1.38. The fourth-order valence-electron chi connectivity index (χ4n) is 4.07. The van der Waals surface area contributed by atoms with E-state index in [1.807, 2.05) is 35.2 Å². The molecule has 2 fully saturated rings. The minimum atomic E-state index is -0.0904. The molecule has 2 aromatic rings. The largest absolute Gasteiger partial charge is 0.375 e. The van der Waals surface area contributed by atoms with Crippen molar-refractivity contribution >= 4 is 6.03 Å². The third-order valence-electron chi connectivity index (χ3n) is 5.88. The maximum atomic E-state index is 12.6. The molecule has 28 heavy (non-hydrogen) atoms. The smallest absolute Gasteiger partial charge is 0.317 e. The Morgan fingerprint density at radius 1 is 1.29 bits per heavy atom. The van der Waals surface area contributed by atoms with Crippen molar-refractivity contribution < 1.29 is 14.1 Å². The lowest BCUT2D eigenvalue weighted by Crippen LogP contribution is -2.49. The predicted octanol–water partition coefficient (Wildman–Crippen LogP) is 3.26. The molecule has 1 aliphatic heterocycles. The topological polar surface area (TPSA) is 80.5 Å². The maximum absolute atomic E-state index is 12.6. The first-order valence-corrected chi connectivity index (χ1v) is 10.1. The number of aromatic nitrogens is 2. The third kappa shape index (κ3) is 4.35. The number of carbonyl (C=O) groups excluding carboxylic acids is 1. The molecule has 1 aliphatic carbocycles. The van der Waals surface area contributed by atoms with Crippen molar-refractivity contribution in [1.82, 2.24) is 20.4 Å². The van der Waals surface area contributed by atoms with E-state index in [-0.39, 0.29) is 11.4 Å². The highest BCUT2D eigenvalue weighted by atomic mass is 16.5. The number of amides is 2. The summed E-state index contributed by atoms with van der Waals surface area (Å²) in [4.78, 5) is 19.1. The summed E-state index contributed by atoms with van der Waals surface area (Å²) in [5, 5.41) is 7.30. The molecule has 4 rings (SSSR count). The zero-order valence-electron chi connectivity index (χ0n) is 16.4. The second-order valence-corrected chi connectivity index (χ2v) is 8.00. The summed E-state index contributed by atoms with van der Waals surface area (Å²) in [5.41, 5.74) is 1.01. The Hall–Kier alpha value is -2.41. The number of hydrogen-bond acceptors (Lipinski definition) is 5. The van der Waals surface area contributed by atoms with E-state index in [1.54, 1.807) is 7.11 Å². The molecule has 0 radical (unpaired) electrons. The number of piperidine rings is 1. The zero-order chi connectivity index (χ0) is 19.4. The maximum Gasteiger partial charge on any atom is 0.317 e. The monoisotopic (exact) mass is 384 g/mol. The molecule has 0 atom stereocenters. The summed E-state index contributed by atoms with van der Waals surface area (Å²) in [5.74, 6) is 2.06. The van der Waals surface area contributed by atoms with Crippen LogP contribution in [0.5, 0.6) is 0 Å². The van der Waals surface area contributed by atoms with Crippen molar-refractivity contribution in [2.45, 2.75) is 50.7 Å². The predicted molar refractivity (Wildman–Crippen MR) is 104 cm³/mol. The van der Waals surface area contributed by atoms with E-state index in [0.717, 1.165) is 36.6 Å². The van der Waals surface area contributed by atoms with Gasteiger partial charge >= 0.3 is 6.03 Å².